The van der Waals surface area contributed by atoms with Crippen molar-refractivity contribution >= 4 is 0 Å². The summed E-state index contributed by atoms with van der Waals surface area (Å²) in [5.74, 6) is 0.947. The smallest absolute Gasteiger partial charge is 0.00670 e. The molecule has 2 aliphatic rings. The molecule has 2 heteroatoms. The normalized spacial score (nSPS) is 28.4. The Labute approximate surface area is 120 Å². The molecule has 1 N–H and O–H groups in total. The zero-order chi connectivity index (χ0) is 13.5. The predicted molar refractivity (Wildman–Crippen MR) is 83.5 cm³/mol. The Morgan fingerprint density at radius 2 is 1.79 bits per heavy atom. The molecule has 2 fully saturated rings. The molecule has 0 radical (unpaired) electrons. The summed E-state index contributed by atoms with van der Waals surface area (Å²) in [6.45, 7) is 8.64. The van der Waals surface area contributed by atoms with Gasteiger partial charge in [0.05, 0.1) is 0 Å². The first-order valence-electron chi connectivity index (χ1n) is 8.75. The van der Waals surface area contributed by atoms with Crippen LogP contribution in [0.5, 0.6) is 0 Å². The average Bonchev–Trinajstić information content (AvgIpc) is 2.46. The zero-order valence-corrected chi connectivity index (χ0v) is 13.2. The molecule has 1 heterocycles. The highest BCUT2D eigenvalue weighted by molar-refractivity contribution is 4.77. The van der Waals surface area contributed by atoms with Gasteiger partial charge < -0.3 is 10.2 Å². The van der Waals surface area contributed by atoms with Gasteiger partial charge in [0, 0.05) is 12.1 Å². The fraction of sp³-hybridized carbons (Fsp3) is 1.00. The minimum Gasteiger partial charge on any atom is -0.314 e. The van der Waals surface area contributed by atoms with Gasteiger partial charge in [0.2, 0.25) is 0 Å². The molecular weight excluding hydrogens is 232 g/mol. The van der Waals surface area contributed by atoms with Crippen LogP contribution in [-0.2, 0) is 0 Å². The maximum atomic E-state index is 3.78. The minimum atomic E-state index is 0.735. The van der Waals surface area contributed by atoms with Gasteiger partial charge in [0.1, 0.15) is 0 Å². The van der Waals surface area contributed by atoms with E-state index in [-0.39, 0.29) is 0 Å². The predicted octanol–water partition coefficient (Wildman–Crippen LogP) is 3.81. The first-order chi connectivity index (χ1) is 9.27. The highest BCUT2D eigenvalue weighted by atomic mass is 15.2. The van der Waals surface area contributed by atoms with Gasteiger partial charge >= 0.3 is 0 Å². The molecule has 2 atom stereocenters. The first kappa shape index (κ1) is 15.3. The van der Waals surface area contributed by atoms with E-state index in [9.17, 15) is 0 Å². The Balaban J connectivity index is 1.55. The number of piperidine rings is 1. The number of hydrogen-bond donors (Lipinski definition) is 1. The quantitative estimate of drug-likeness (QED) is 0.736. The second-order valence-electron chi connectivity index (χ2n) is 6.88. The fourth-order valence-corrected chi connectivity index (χ4v) is 3.90. The van der Waals surface area contributed by atoms with Crippen molar-refractivity contribution in [1.82, 2.24) is 10.2 Å². The van der Waals surface area contributed by atoms with Gasteiger partial charge in [-0.25, -0.2) is 0 Å². The van der Waals surface area contributed by atoms with Crippen molar-refractivity contribution in [1.29, 1.82) is 0 Å². The van der Waals surface area contributed by atoms with E-state index in [0.29, 0.717) is 0 Å². The molecule has 2 unspecified atom stereocenters. The van der Waals surface area contributed by atoms with Crippen molar-refractivity contribution in [3.8, 4) is 0 Å². The summed E-state index contributed by atoms with van der Waals surface area (Å²) in [6, 6.07) is 1.56. The molecule has 2 rings (SSSR count). The van der Waals surface area contributed by atoms with Crippen molar-refractivity contribution in [3.05, 3.63) is 0 Å². The van der Waals surface area contributed by atoms with E-state index >= 15 is 0 Å². The summed E-state index contributed by atoms with van der Waals surface area (Å²) >= 11 is 0. The maximum absolute atomic E-state index is 3.78. The summed E-state index contributed by atoms with van der Waals surface area (Å²) < 4.78 is 0. The Bertz CT molecular complexity index is 235. The molecule has 2 nitrogen and oxygen atoms in total. The molecule has 0 amide bonds. The summed E-state index contributed by atoms with van der Waals surface area (Å²) in [4.78, 5) is 2.69. The van der Waals surface area contributed by atoms with Crippen LogP contribution in [-0.4, -0.2) is 36.6 Å². The van der Waals surface area contributed by atoms with Crippen LogP contribution in [0.4, 0.5) is 0 Å². The highest BCUT2D eigenvalue weighted by Crippen LogP contribution is 2.26. The lowest BCUT2D eigenvalue weighted by Gasteiger charge is -2.33. The number of hydrogen-bond acceptors (Lipinski definition) is 2. The van der Waals surface area contributed by atoms with Crippen LogP contribution in [0.25, 0.3) is 0 Å². The minimum absolute atomic E-state index is 0.735. The van der Waals surface area contributed by atoms with E-state index in [2.05, 4.69) is 24.1 Å². The fourth-order valence-electron chi connectivity index (χ4n) is 3.90. The number of likely N-dealkylation sites (tertiary alicyclic amines) is 1. The van der Waals surface area contributed by atoms with Crippen LogP contribution in [0.2, 0.25) is 0 Å². The lowest BCUT2D eigenvalue weighted by Crippen LogP contribution is -2.40. The number of rotatable bonds is 6. The highest BCUT2D eigenvalue weighted by Gasteiger charge is 2.20. The molecule has 0 aromatic heterocycles. The lowest BCUT2D eigenvalue weighted by molar-refractivity contribution is 0.157. The standard InChI is InChI=1S/C17H34N2/c1-15-9-6-7-13-19(15)14-8-12-18-16(2)17-10-4-3-5-11-17/h15-18H,3-14H2,1-2H3. The lowest BCUT2D eigenvalue weighted by atomic mass is 9.84. The van der Waals surface area contributed by atoms with Gasteiger partial charge in [-0.2, -0.15) is 0 Å². The second kappa shape index (κ2) is 8.26. The second-order valence-corrected chi connectivity index (χ2v) is 6.88. The van der Waals surface area contributed by atoms with Gasteiger partial charge in [-0.3, -0.25) is 0 Å². The number of nitrogens with zero attached hydrogens (tertiary/aromatic N) is 1. The summed E-state index contributed by atoms with van der Waals surface area (Å²) in [5.41, 5.74) is 0. The third kappa shape index (κ3) is 5.07. The van der Waals surface area contributed by atoms with E-state index in [1.54, 1.807) is 0 Å². The molecular formula is C17H34N2. The van der Waals surface area contributed by atoms with Gasteiger partial charge in [-0.1, -0.05) is 25.7 Å². The molecule has 1 aliphatic carbocycles. The van der Waals surface area contributed by atoms with Gasteiger partial charge in [0.15, 0.2) is 0 Å². The van der Waals surface area contributed by atoms with Gasteiger partial charge in [-0.15, -0.1) is 0 Å². The van der Waals surface area contributed by atoms with Crippen LogP contribution < -0.4 is 5.32 Å². The van der Waals surface area contributed by atoms with Crippen molar-refractivity contribution < 1.29 is 0 Å². The molecule has 1 saturated carbocycles. The largest absolute Gasteiger partial charge is 0.314 e. The Kier molecular flexibility index (Phi) is 6.66. The Morgan fingerprint density at radius 3 is 2.53 bits per heavy atom. The number of nitrogens with one attached hydrogen (secondary N) is 1. The first-order valence-corrected chi connectivity index (χ1v) is 8.75. The monoisotopic (exact) mass is 266 g/mol. The topological polar surface area (TPSA) is 15.3 Å². The molecule has 112 valence electrons. The van der Waals surface area contributed by atoms with Crippen molar-refractivity contribution in [3.63, 3.8) is 0 Å². The van der Waals surface area contributed by atoms with E-state index in [4.69, 9.17) is 0 Å². The third-order valence-electron chi connectivity index (χ3n) is 5.39. The van der Waals surface area contributed by atoms with Crippen molar-refractivity contribution in [2.45, 2.75) is 83.7 Å². The SMILES string of the molecule is CC(NCCCN1CCCCC1C)C1CCCCC1. The summed E-state index contributed by atoms with van der Waals surface area (Å²) in [5, 5.41) is 3.78. The van der Waals surface area contributed by atoms with Gasteiger partial charge in [0.25, 0.3) is 0 Å². The molecule has 1 aliphatic heterocycles. The Hall–Kier alpha value is -0.0800. The summed E-state index contributed by atoms with van der Waals surface area (Å²) in [6.07, 6.45) is 12.9. The average molecular weight is 266 g/mol. The van der Waals surface area contributed by atoms with E-state index in [1.807, 2.05) is 0 Å². The van der Waals surface area contributed by atoms with Crippen molar-refractivity contribution in [2.24, 2.45) is 5.92 Å². The van der Waals surface area contributed by atoms with Gasteiger partial charge in [-0.05, 0) is 71.5 Å². The van der Waals surface area contributed by atoms with Crippen LogP contribution in [0.3, 0.4) is 0 Å². The molecule has 0 aromatic rings. The van der Waals surface area contributed by atoms with E-state index in [0.717, 1.165) is 18.0 Å². The zero-order valence-electron chi connectivity index (χ0n) is 13.2. The molecule has 1 saturated heterocycles. The summed E-state index contributed by atoms with van der Waals surface area (Å²) in [7, 11) is 0. The van der Waals surface area contributed by atoms with Crippen LogP contribution in [0.15, 0.2) is 0 Å². The molecule has 0 aromatic carbocycles. The van der Waals surface area contributed by atoms with Crippen molar-refractivity contribution in [2.75, 3.05) is 19.6 Å². The van der Waals surface area contributed by atoms with Crippen LogP contribution in [0.1, 0.15) is 71.6 Å². The van der Waals surface area contributed by atoms with Crippen LogP contribution >= 0.6 is 0 Å². The van der Waals surface area contributed by atoms with E-state index < -0.39 is 0 Å². The maximum Gasteiger partial charge on any atom is 0.00670 e. The van der Waals surface area contributed by atoms with Crippen LogP contribution in [0, 0.1) is 5.92 Å². The Morgan fingerprint density at radius 1 is 1.05 bits per heavy atom. The molecule has 0 bridgehead atoms. The molecule has 0 spiro atoms. The van der Waals surface area contributed by atoms with E-state index in [1.165, 1.54) is 77.4 Å². The molecule has 19 heavy (non-hydrogen) atoms. The third-order valence-corrected chi connectivity index (χ3v) is 5.39.